The van der Waals surface area contributed by atoms with Gasteiger partial charge in [-0.1, -0.05) is 29.8 Å². The summed E-state index contributed by atoms with van der Waals surface area (Å²) in [6.45, 7) is 2.74. The molecule has 0 spiro atoms. The van der Waals surface area contributed by atoms with Crippen molar-refractivity contribution in [3.63, 3.8) is 0 Å². The minimum Gasteiger partial charge on any atom is -0.355 e. The minimum absolute atomic E-state index is 0.0877. The van der Waals surface area contributed by atoms with Crippen LogP contribution in [-0.2, 0) is 17.0 Å². The van der Waals surface area contributed by atoms with Gasteiger partial charge in [-0.3, -0.25) is 9.89 Å². The van der Waals surface area contributed by atoms with Gasteiger partial charge < -0.3 is 5.32 Å². The molecule has 0 radical (unpaired) electrons. The Labute approximate surface area is 128 Å². The first-order chi connectivity index (χ1) is 10.2. The number of nitrogens with one attached hydrogen (secondary N) is 2. The van der Waals surface area contributed by atoms with Crippen molar-refractivity contribution in [2.24, 2.45) is 0 Å². The van der Waals surface area contributed by atoms with Crippen LogP contribution in [0.3, 0.4) is 0 Å². The average molecular weight is 304 g/mol. The van der Waals surface area contributed by atoms with Gasteiger partial charge in [-0.15, -0.1) is 11.8 Å². The summed E-state index contributed by atoms with van der Waals surface area (Å²) in [4.78, 5) is 15.7. The molecule has 2 aromatic rings. The van der Waals surface area contributed by atoms with Crippen molar-refractivity contribution in [1.82, 2.24) is 20.5 Å². The number of carbonyl (C=O) groups is 1. The van der Waals surface area contributed by atoms with Crippen LogP contribution in [0, 0.1) is 6.92 Å². The van der Waals surface area contributed by atoms with E-state index in [1.165, 1.54) is 17.5 Å². The van der Waals surface area contributed by atoms with Crippen molar-refractivity contribution in [2.45, 2.75) is 25.5 Å². The molecule has 2 N–H and O–H groups in total. The number of H-pyrrole nitrogens is 1. The standard InChI is InChI=1S/C15H20N4OS/c1-12-4-6-13(7-5-12)9-21-10-15(20)16-8-2-3-14-17-11-18-19-14/h4-7,11H,2-3,8-10H2,1H3,(H,16,20)(H,17,18,19). The molecule has 0 bridgehead atoms. The summed E-state index contributed by atoms with van der Waals surface area (Å²) in [6.07, 6.45) is 3.16. The minimum atomic E-state index is 0.0877. The zero-order valence-corrected chi connectivity index (χ0v) is 12.9. The van der Waals surface area contributed by atoms with Gasteiger partial charge in [0.15, 0.2) is 0 Å². The average Bonchev–Trinajstić information content (AvgIpc) is 2.99. The third-order valence-corrected chi connectivity index (χ3v) is 4.00. The topological polar surface area (TPSA) is 70.7 Å². The van der Waals surface area contributed by atoms with E-state index in [0.29, 0.717) is 12.3 Å². The highest BCUT2D eigenvalue weighted by molar-refractivity contribution is 7.99. The molecule has 21 heavy (non-hydrogen) atoms. The van der Waals surface area contributed by atoms with Crippen molar-refractivity contribution in [1.29, 1.82) is 0 Å². The zero-order chi connectivity index (χ0) is 14.9. The van der Waals surface area contributed by atoms with Gasteiger partial charge in [-0.05, 0) is 18.9 Å². The van der Waals surface area contributed by atoms with E-state index >= 15 is 0 Å². The molecule has 5 nitrogen and oxygen atoms in total. The number of hydrogen-bond donors (Lipinski definition) is 2. The van der Waals surface area contributed by atoms with Crippen molar-refractivity contribution in [3.8, 4) is 0 Å². The Hall–Kier alpha value is -1.82. The SMILES string of the molecule is Cc1ccc(CSCC(=O)NCCCc2ncn[nH]2)cc1. The molecule has 0 aliphatic heterocycles. The predicted octanol–water partition coefficient (Wildman–Crippen LogP) is 2.10. The van der Waals surface area contributed by atoms with Gasteiger partial charge in [0.05, 0.1) is 5.75 Å². The molecule has 0 aliphatic rings. The summed E-state index contributed by atoms with van der Waals surface area (Å²) in [6, 6.07) is 8.41. The normalized spacial score (nSPS) is 10.5. The lowest BCUT2D eigenvalue weighted by Gasteiger charge is -2.05. The smallest absolute Gasteiger partial charge is 0.230 e. The second-order valence-corrected chi connectivity index (χ2v) is 5.85. The number of aromatic amines is 1. The highest BCUT2D eigenvalue weighted by Gasteiger charge is 2.02. The quantitative estimate of drug-likeness (QED) is 0.733. The fraction of sp³-hybridized carbons (Fsp3) is 0.400. The monoisotopic (exact) mass is 304 g/mol. The summed E-state index contributed by atoms with van der Waals surface area (Å²) in [7, 11) is 0. The highest BCUT2D eigenvalue weighted by Crippen LogP contribution is 2.12. The van der Waals surface area contributed by atoms with E-state index in [0.717, 1.165) is 24.4 Å². The molecule has 6 heteroatoms. The van der Waals surface area contributed by atoms with Gasteiger partial charge in [0.2, 0.25) is 5.91 Å². The van der Waals surface area contributed by atoms with Gasteiger partial charge in [0.1, 0.15) is 12.2 Å². The third-order valence-electron chi connectivity index (χ3n) is 3.00. The Morgan fingerprint density at radius 1 is 1.33 bits per heavy atom. The summed E-state index contributed by atoms with van der Waals surface area (Å²) in [5, 5.41) is 9.51. The van der Waals surface area contributed by atoms with Crippen LogP contribution < -0.4 is 5.32 Å². The molecule has 0 saturated carbocycles. The molecule has 0 aliphatic carbocycles. The number of nitrogens with zero attached hydrogens (tertiary/aromatic N) is 2. The lowest BCUT2D eigenvalue weighted by Crippen LogP contribution is -2.26. The maximum atomic E-state index is 11.7. The van der Waals surface area contributed by atoms with E-state index < -0.39 is 0 Å². The van der Waals surface area contributed by atoms with Crippen molar-refractivity contribution in [3.05, 3.63) is 47.5 Å². The largest absolute Gasteiger partial charge is 0.355 e. The molecule has 1 heterocycles. The van der Waals surface area contributed by atoms with Crippen molar-refractivity contribution >= 4 is 17.7 Å². The molecule has 1 amide bonds. The molecule has 1 aromatic heterocycles. The van der Waals surface area contributed by atoms with Crippen LogP contribution in [-0.4, -0.2) is 33.4 Å². The molecular formula is C15H20N4OS. The summed E-state index contributed by atoms with van der Waals surface area (Å²) in [5.41, 5.74) is 2.51. The second kappa shape index (κ2) is 8.46. The van der Waals surface area contributed by atoms with Crippen molar-refractivity contribution < 1.29 is 4.79 Å². The molecule has 1 aromatic carbocycles. The van der Waals surface area contributed by atoms with Gasteiger partial charge in [-0.2, -0.15) is 5.10 Å². The number of carbonyl (C=O) groups excluding carboxylic acids is 1. The van der Waals surface area contributed by atoms with Gasteiger partial charge in [0, 0.05) is 18.7 Å². The Morgan fingerprint density at radius 3 is 2.86 bits per heavy atom. The molecule has 0 saturated heterocycles. The Balaban J connectivity index is 1.54. The van der Waals surface area contributed by atoms with Gasteiger partial charge in [-0.25, -0.2) is 4.98 Å². The van der Waals surface area contributed by atoms with Crippen LogP contribution in [0.4, 0.5) is 0 Å². The Morgan fingerprint density at radius 2 is 2.14 bits per heavy atom. The van der Waals surface area contributed by atoms with E-state index in [9.17, 15) is 4.79 Å². The second-order valence-electron chi connectivity index (χ2n) is 4.86. The fourth-order valence-corrected chi connectivity index (χ4v) is 2.65. The first-order valence-corrected chi connectivity index (χ1v) is 8.14. The Kier molecular flexibility index (Phi) is 6.27. The number of amides is 1. The number of thioether (sulfide) groups is 1. The van der Waals surface area contributed by atoms with E-state index in [1.807, 2.05) is 0 Å². The highest BCUT2D eigenvalue weighted by atomic mass is 32.2. The van der Waals surface area contributed by atoms with Gasteiger partial charge in [0.25, 0.3) is 0 Å². The van der Waals surface area contributed by atoms with Crippen LogP contribution in [0.15, 0.2) is 30.6 Å². The van der Waals surface area contributed by atoms with Crippen LogP contribution in [0.1, 0.15) is 23.4 Å². The lowest BCUT2D eigenvalue weighted by atomic mass is 10.2. The van der Waals surface area contributed by atoms with Gasteiger partial charge >= 0.3 is 0 Å². The molecule has 0 atom stereocenters. The number of aryl methyl sites for hydroxylation is 2. The first kappa shape index (κ1) is 15.6. The fourth-order valence-electron chi connectivity index (χ4n) is 1.83. The first-order valence-electron chi connectivity index (χ1n) is 6.98. The number of hydrogen-bond acceptors (Lipinski definition) is 4. The van der Waals surface area contributed by atoms with E-state index in [4.69, 9.17) is 0 Å². The summed E-state index contributed by atoms with van der Waals surface area (Å²) >= 11 is 1.64. The summed E-state index contributed by atoms with van der Waals surface area (Å²) in [5.74, 6) is 2.31. The molecule has 0 fully saturated rings. The molecular weight excluding hydrogens is 284 g/mol. The molecule has 112 valence electrons. The van der Waals surface area contributed by atoms with Crippen LogP contribution in [0.5, 0.6) is 0 Å². The zero-order valence-electron chi connectivity index (χ0n) is 12.1. The number of benzene rings is 1. The van der Waals surface area contributed by atoms with E-state index in [-0.39, 0.29) is 5.91 Å². The number of aromatic nitrogens is 3. The maximum absolute atomic E-state index is 11.7. The van der Waals surface area contributed by atoms with E-state index in [1.54, 1.807) is 11.8 Å². The van der Waals surface area contributed by atoms with Crippen LogP contribution in [0.2, 0.25) is 0 Å². The maximum Gasteiger partial charge on any atom is 0.230 e. The molecule has 0 unspecified atom stereocenters. The number of rotatable bonds is 8. The lowest BCUT2D eigenvalue weighted by molar-refractivity contribution is -0.118. The summed E-state index contributed by atoms with van der Waals surface area (Å²) < 4.78 is 0. The third kappa shape index (κ3) is 5.99. The Bertz CT molecular complexity index is 539. The van der Waals surface area contributed by atoms with E-state index in [2.05, 4.69) is 51.7 Å². The van der Waals surface area contributed by atoms with Crippen molar-refractivity contribution in [2.75, 3.05) is 12.3 Å². The predicted molar refractivity (Wildman–Crippen MR) is 85.1 cm³/mol. The van der Waals surface area contributed by atoms with Crippen LogP contribution >= 0.6 is 11.8 Å². The molecule has 2 rings (SSSR count). The van der Waals surface area contributed by atoms with Crippen LogP contribution in [0.25, 0.3) is 0 Å².